The fraction of sp³-hybridized carbons (Fsp3) is 0.250. The standard InChI is InChI=1S/C24H26N2O/c27-25-16-17-26(23(19-25)18-20-10-4-1-5-11-20)24(21-12-6-2-7-13-21)22-14-8-3-9-15-22/h1-15,23-24,27H,16-19H2. The topological polar surface area (TPSA) is 26.7 Å². The van der Waals surface area contributed by atoms with Crippen LogP contribution in [0.3, 0.4) is 0 Å². The molecule has 1 heterocycles. The maximum Gasteiger partial charge on any atom is 0.0605 e. The molecule has 0 saturated carbocycles. The Morgan fingerprint density at radius 3 is 1.81 bits per heavy atom. The summed E-state index contributed by atoms with van der Waals surface area (Å²) < 4.78 is 0. The predicted molar refractivity (Wildman–Crippen MR) is 109 cm³/mol. The summed E-state index contributed by atoms with van der Waals surface area (Å²) in [5.74, 6) is 0. The number of benzene rings is 3. The number of hydrogen-bond acceptors (Lipinski definition) is 3. The SMILES string of the molecule is ON1CCN(C(c2ccccc2)c2ccccc2)C(Cc2ccccc2)C1. The summed E-state index contributed by atoms with van der Waals surface area (Å²) >= 11 is 0. The third-order valence-electron chi connectivity index (χ3n) is 5.38. The van der Waals surface area contributed by atoms with Crippen molar-refractivity contribution in [1.29, 1.82) is 0 Å². The van der Waals surface area contributed by atoms with E-state index >= 15 is 0 Å². The summed E-state index contributed by atoms with van der Waals surface area (Å²) in [7, 11) is 0. The first-order chi connectivity index (χ1) is 13.3. The van der Waals surface area contributed by atoms with Crippen LogP contribution in [0.5, 0.6) is 0 Å². The van der Waals surface area contributed by atoms with Crippen LogP contribution in [0, 0.1) is 0 Å². The van der Waals surface area contributed by atoms with Crippen molar-refractivity contribution >= 4 is 0 Å². The molecule has 0 aliphatic carbocycles. The van der Waals surface area contributed by atoms with Crippen molar-refractivity contribution in [2.75, 3.05) is 19.6 Å². The van der Waals surface area contributed by atoms with Gasteiger partial charge < -0.3 is 5.21 Å². The molecule has 0 bridgehead atoms. The van der Waals surface area contributed by atoms with Crippen LogP contribution in [0.2, 0.25) is 0 Å². The van der Waals surface area contributed by atoms with Gasteiger partial charge in [-0.15, -0.1) is 0 Å². The molecule has 1 aliphatic heterocycles. The highest BCUT2D eigenvalue weighted by Crippen LogP contribution is 2.32. The Morgan fingerprint density at radius 1 is 0.741 bits per heavy atom. The molecule has 138 valence electrons. The van der Waals surface area contributed by atoms with Crippen LogP contribution in [0.15, 0.2) is 91.0 Å². The van der Waals surface area contributed by atoms with E-state index in [1.54, 1.807) is 0 Å². The van der Waals surface area contributed by atoms with Crippen molar-refractivity contribution in [3.8, 4) is 0 Å². The van der Waals surface area contributed by atoms with E-state index in [0.717, 1.165) is 13.0 Å². The Bertz CT molecular complexity index is 783. The molecule has 3 nitrogen and oxygen atoms in total. The van der Waals surface area contributed by atoms with Gasteiger partial charge >= 0.3 is 0 Å². The van der Waals surface area contributed by atoms with Gasteiger partial charge in [-0.25, -0.2) is 0 Å². The van der Waals surface area contributed by atoms with Gasteiger partial charge in [-0.3, -0.25) is 4.90 Å². The van der Waals surface area contributed by atoms with Gasteiger partial charge in [0.05, 0.1) is 6.04 Å². The van der Waals surface area contributed by atoms with Crippen molar-refractivity contribution in [3.05, 3.63) is 108 Å². The lowest BCUT2D eigenvalue weighted by Crippen LogP contribution is -2.54. The van der Waals surface area contributed by atoms with Gasteiger partial charge in [-0.05, 0) is 23.1 Å². The molecule has 1 fully saturated rings. The maximum absolute atomic E-state index is 10.2. The quantitative estimate of drug-likeness (QED) is 0.733. The number of rotatable bonds is 5. The minimum Gasteiger partial charge on any atom is -0.314 e. The first-order valence-corrected chi connectivity index (χ1v) is 9.64. The van der Waals surface area contributed by atoms with Crippen molar-refractivity contribution < 1.29 is 5.21 Å². The molecular formula is C24H26N2O. The highest BCUT2D eigenvalue weighted by atomic mass is 16.5. The molecule has 0 amide bonds. The van der Waals surface area contributed by atoms with E-state index in [1.807, 2.05) is 0 Å². The molecule has 3 aromatic rings. The van der Waals surface area contributed by atoms with Gasteiger partial charge in [0.2, 0.25) is 0 Å². The van der Waals surface area contributed by atoms with E-state index < -0.39 is 0 Å². The van der Waals surface area contributed by atoms with E-state index in [-0.39, 0.29) is 12.1 Å². The lowest BCUT2D eigenvalue weighted by Gasteiger charge is -2.44. The van der Waals surface area contributed by atoms with Crippen molar-refractivity contribution in [2.45, 2.75) is 18.5 Å². The molecule has 1 N–H and O–H groups in total. The second kappa shape index (κ2) is 8.49. The maximum atomic E-state index is 10.2. The summed E-state index contributed by atoms with van der Waals surface area (Å²) in [4.78, 5) is 2.56. The molecule has 0 radical (unpaired) electrons. The van der Waals surface area contributed by atoms with Gasteiger partial charge in [0, 0.05) is 25.7 Å². The fourth-order valence-corrected chi connectivity index (χ4v) is 4.11. The van der Waals surface area contributed by atoms with Crippen molar-refractivity contribution in [1.82, 2.24) is 9.96 Å². The average molecular weight is 358 g/mol. The first kappa shape index (κ1) is 17.9. The van der Waals surface area contributed by atoms with Gasteiger partial charge in [-0.1, -0.05) is 91.0 Å². The number of piperazine rings is 1. The van der Waals surface area contributed by atoms with Gasteiger partial charge in [-0.2, -0.15) is 5.06 Å². The number of hydroxylamine groups is 2. The largest absolute Gasteiger partial charge is 0.314 e. The summed E-state index contributed by atoms with van der Waals surface area (Å²) in [6.45, 7) is 2.16. The molecular weight excluding hydrogens is 332 g/mol. The zero-order valence-corrected chi connectivity index (χ0v) is 15.5. The first-order valence-electron chi connectivity index (χ1n) is 9.64. The molecule has 3 aromatic carbocycles. The summed E-state index contributed by atoms with van der Waals surface area (Å²) in [6, 6.07) is 32.4. The Balaban J connectivity index is 1.70. The molecule has 0 aromatic heterocycles. The van der Waals surface area contributed by atoms with Crippen LogP contribution in [0.1, 0.15) is 22.7 Å². The molecule has 4 rings (SSSR count). The Hall–Kier alpha value is -2.46. The van der Waals surface area contributed by atoms with E-state index in [4.69, 9.17) is 0 Å². The highest BCUT2D eigenvalue weighted by molar-refractivity contribution is 5.32. The van der Waals surface area contributed by atoms with Crippen LogP contribution in [0.25, 0.3) is 0 Å². The molecule has 1 aliphatic rings. The zero-order chi connectivity index (χ0) is 18.5. The fourth-order valence-electron chi connectivity index (χ4n) is 4.11. The monoisotopic (exact) mass is 358 g/mol. The van der Waals surface area contributed by atoms with Gasteiger partial charge in [0.25, 0.3) is 0 Å². The summed E-state index contributed by atoms with van der Waals surface area (Å²) in [5.41, 5.74) is 3.91. The van der Waals surface area contributed by atoms with Crippen LogP contribution >= 0.6 is 0 Å². The minimum absolute atomic E-state index is 0.190. The summed E-state index contributed by atoms with van der Waals surface area (Å²) in [6.07, 6.45) is 0.925. The average Bonchev–Trinajstić information content (AvgIpc) is 2.72. The molecule has 27 heavy (non-hydrogen) atoms. The smallest absolute Gasteiger partial charge is 0.0605 e. The van der Waals surface area contributed by atoms with E-state index in [9.17, 15) is 5.21 Å². The van der Waals surface area contributed by atoms with E-state index in [2.05, 4.69) is 95.9 Å². The molecule has 1 saturated heterocycles. The van der Waals surface area contributed by atoms with Crippen LogP contribution in [-0.4, -0.2) is 40.8 Å². The highest BCUT2D eigenvalue weighted by Gasteiger charge is 2.33. The normalized spacial score (nSPS) is 18.7. The van der Waals surface area contributed by atoms with Crippen LogP contribution in [0.4, 0.5) is 0 Å². The lowest BCUT2D eigenvalue weighted by molar-refractivity contribution is -0.138. The third-order valence-corrected chi connectivity index (χ3v) is 5.38. The second-order valence-electron chi connectivity index (χ2n) is 7.22. The van der Waals surface area contributed by atoms with Crippen molar-refractivity contribution in [3.63, 3.8) is 0 Å². The third kappa shape index (κ3) is 4.28. The minimum atomic E-state index is 0.190. The Kier molecular flexibility index (Phi) is 5.64. The molecule has 0 spiro atoms. The lowest BCUT2D eigenvalue weighted by atomic mass is 9.93. The molecule has 3 heteroatoms. The van der Waals surface area contributed by atoms with Crippen LogP contribution in [-0.2, 0) is 6.42 Å². The van der Waals surface area contributed by atoms with Gasteiger partial charge in [0.15, 0.2) is 0 Å². The van der Waals surface area contributed by atoms with Crippen molar-refractivity contribution in [2.24, 2.45) is 0 Å². The zero-order valence-electron chi connectivity index (χ0n) is 15.5. The Labute approximate surface area is 161 Å². The van der Waals surface area contributed by atoms with E-state index in [0.29, 0.717) is 13.1 Å². The molecule has 1 unspecified atom stereocenters. The van der Waals surface area contributed by atoms with Gasteiger partial charge in [0.1, 0.15) is 0 Å². The summed E-state index contributed by atoms with van der Waals surface area (Å²) in [5, 5.41) is 11.7. The molecule has 1 atom stereocenters. The van der Waals surface area contributed by atoms with E-state index in [1.165, 1.54) is 21.8 Å². The predicted octanol–water partition coefficient (Wildman–Crippen LogP) is 4.39. The number of nitrogens with zero attached hydrogens (tertiary/aromatic N) is 2. The van der Waals surface area contributed by atoms with Crippen LogP contribution < -0.4 is 0 Å². The number of hydrogen-bond donors (Lipinski definition) is 1. The second-order valence-corrected chi connectivity index (χ2v) is 7.22. The Morgan fingerprint density at radius 2 is 1.26 bits per heavy atom.